The second-order valence-corrected chi connectivity index (χ2v) is 7.34. The second-order valence-electron chi connectivity index (χ2n) is 5.35. The van der Waals surface area contributed by atoms with Crippen molar-refractivity contribution in [2.24, 2.45) is 0 Å². The highest BCUT2D eigenvalue weighted by Gasteiger charge is 2.33. The average Bonchev–Trinajstić information content (AvgIpc) is 2.58. The van der Waals surface area contributed by atoms with Crippen LogP contribution in [0.2, 0.25) is 0 Å². The molecular weight excluding hydrogens is 373 g/mol. The minimum atomic E-state index is -4.74. The van der Waals surface area contributed by atoms with Crippen molar-refractivity contribution in [3.63, 3.8) is 0 Å². The zero-order valence-electron chi connectivity index (χ0n) is 14.0. The number of carbonyl (C=O) groups excluding carboxylic acids is 1. The maximum atomic E-state index is 12.9. The van der Waals surface area contributed by atoms with Gasteiger partial charge in [0.25, 0.3) is 0 Å². The van der Waals surface area contributed by atoms with E-state index < -0.39 is 32.3 Å². The van der Waals surface area contributed by atoms with E-state index in [1.807, 2.05) is 0 Å². The molecule has 26 heavy (non-hydrogen) atoms. The fourth-order valence-electron chi connectivity index (χ4n) is 2.40. The molecule has 2 rings (SSSR count). The second kappa shape index (κ2) is 6.99. The van der Waals surface area contributed by atoms with Gasteiger partial charge in [-0.1, -0.05) is 6.07 Å². The summed E-state index contributed by atoms with van der Waals surface area (Å²) in [5.74, 6) is -0.514. The van der Waals surface area contributed by atoms with Crippen molar-refractivity contribution in [1.29, 1.82) is 0 Å². The van der Waals surface area contributed by atoms with E-state index in [0.717, 1.165) is 12.3 Å². The van der Waals surface area contributed by atoms with Gasteiger partial charge >= 0.3 is 6.18 Å². The van der Waals surface area contributed by atoms with Gasteiger partial charge in [-0.3, -0.25) is 4.79 Å². The van der Waals surface area contributed by atoms with Crippen LogP contribution in [-0.2, 0) is 16.0 Å². The molecule has 0 amide bonds. The monoisotopic (exact) mass is 388 g/mol. The highest BCUT2D eigenvalue weighted by Crippen LogP contribution is 2.35. The lowest BCUT2D eigenvalue weighted by molar-refractivity contribution is -0.137. The van der Waals surface area contributed by atoms with Gasteiger partial charge in [-0.2, -0.15) is 13.2 Å². The fourth-order valence-corrected chi connectivity index (χ4v) is 3.31. The van der Waals surface area contributed by atoms with Crippen molar-refractivity contribution < 1.29 is 35.9 Å². The van der Waals surface area contributed by atoms with Crippen molar-refractivity contribution in [1.82, 2.24) is 0 Å². The number of methoxy groups -OCH3 is 2. The molecule has 0 aromatic heterocycles. The Morgan fingerprint density at radius 1 is 1.00 bits per heavy atom. The molecule has 5 nitrogen and oxygen atoms in total. The largest absolute Gasteiger partial charge is 0.493 e. The first-order valence-corrected chi connectivity index (χ1v) is 9.06. The van der Waals surface area contributed by atoms with Crippen LogP contribution in [-0.4, -0.2) is 34.7 Å². The number of benzene rings is 2. The minimum absolute atomic E-state index is 0.0310. The summed E-state index contributed by atoms with van der Waals surface area (Å²) < 4.78 is 72.9. The molecular formula is C17H15F3O5S. The third-order valence-corrected chi connectivity index (χ3v) is 4.74. The topological polar surface area (TPSA) is 69.7 Å². The van der Waals surface area contributed by atoms with E-state index in [-0.39, 0.29) is 22.6 Å². The zero-order valence-corrected chi connectivity index (χ0v) is 14.9. The molecule has 0 bridgehead atoms. The summed E-state index contributed by atoms with van der Waals surface area (Å²) in [6.07, 6.45) is -4.00. The van der Waals surface area contributed by atoms with Gasteiger partial charge in [-0.15, -0.1) is 0 Å². The number of ether oxygens (including phenoxy) is 2. The van der Waals surface area contributed by atoms with Gasteiger partial charge in [-0.25, -0.2) is 8.42 Å². The van der Waals surface area contributed by atoms with Gasteiger partial charge in [0, 0.05) is 11.8 Å². The van der Waals surface area contributed by atoms with E-state index in [0.29, 0.717) is 12.1 Å². The summed E-state index contributed by atoms with van der Waals surface area (Å²) in [6, 6.07) is 6.34. The molecule has 2 aromatic carbocycles. The molecule has 0 fully saturated rings. The molecule has 0 radical (unpaired) electrons. The third-order valence-electron chi connectivity index (χ3n) is 3.60. The van der Waals surface area contributed by atoms with Gasteiger partial charge in [0.1, 0.15) is 0 Å². The molecule has 0 N–H and O–H groups in total. The van der Waals surface area contributed by atoms with Crippen LogP contribution in [0, 0.1) is 0 Å². The van der Waals surface area contributed by atoms with Crippen molar-refractivity contribution in [2.75, 3.05) is 20.5 Å². The van der Waals surface area contributed by atoms with E-state index in [1.165, 1.54) is 32.4 Å². The number of halogens is 3. The average molecular weight is 388 g/mol. The quantitative estimate of drug-likeness (QED) is 0.735. The lowest BCUT2D eigenvalue weighted by Crippen LogP contribution is -2.14. The predicted molar refractivity (Wildman–Crippen MR) is 87.5 cm³/mol. The van der Waals surface area contributed by atoms with Crippen molar-refractivity contribution in [3.05, 3.63) is 53.1 Å². The summed E-state index contributed by atoms with van der Waals surface area (Å²) in [6.45, 7) is 0. The fraction of sp³-hybridized carbons (Fsp3) is 0.235. The van der Waals surface area contributed by atoms with Crippen molar-refractivity contribution in [2.45, 2.75) is 11.1 Å². The van der Waals surface area contributed by atoms with Crippen LogP contribution >= 0.6 is 0 Å². The number of sulfone groups is 1. The normalized spacial score (nSPS) is 11.9. The number of ketones is 1. The number of para-hydroxylation sites is 1. The first-order valence-electron chi connectivity index (χ1n) is 7.17. The Bertz CT molecular complexity index is 949. The molecule has 140 valence electrons. The van der Waals surface area contributed by atoms with Crippen LogP contribution in [0.25, 0.3) is 0 Å². The zero-order chi connectivity index (χ0) is 19.7. The number of hydrogen-bond acceptors (Lipinski definition) is 5. The summed E-state index contributed by atoms with van der Waals surface area (Å²) in [7, 11) is -1.45. The molecule has 0 heterocycles. The van der Waals surface area contributed by atoms with E-state index in [2.05, 4.69) is 0 Å². The SMILES string of the molecule is COc1cccc(C(=O)c2ccc(C(F)(F)F)cc2S(C)(=O)=O)c1OC. The first-order chi connectivity index (χ1) is 12.0. The van der Waals surface area contributed by atoms with E-state index in [1.54, 1.807) is 0 Å². The van der Waals surface area contributed by atoms with Crippen molar-refractivity contribution >= 4 is 15.6 Å². The van der Waals surface area contributed by atoms with Crippen LogP contribution in [0.5, 0.6) is 11.5 Å². The molecule has 0 saturated heterocycles. The highest BCUT2D eigenvalue weighted by molar-refractivity contribution is 7.90. The molecule has 0 atom stereocenters. The molecule has 9 heteroatoms. The summed E-state index contributed by atoms with van der Waals surface area (Å²) in [5, 5.41) is 0. The van der Waals surface area contributed by atoms with Gasteiger partial charge in [0.15, 0.2) is 27.1 Å². The molecule has 0 aliphatic rings. The molecule has 0 saturated carbocycles. The Labute approximate surface area is 148 Å². The maximum Gasteiger partial charge on any atom is 0.416 e. The number of hydrogen-bond donors (Lipinski definition) is 0. The number of carbonyl (C=O) groups is 1. The maximum absolute atomic E-state index is 12.9. The van der Waals surface area contributed by atoms with E-state index >= 15 is 0 Å². The summed E-state index contributed by atoms with van der Waals surface area (Å²) >= 11 is 0. The van der Waals surface area contributed by atoms with Crippen LogP contribution in [0.3, 0.4) is 0 Å². The van der Waals surface area contributed by atoms with Gasteiger partial charge < -0.3 is 9.47 Å². The number of rotatable bonds is 5. The van der Waals surface area contributed by atoms with Crippen LogP contribution < -0.4 is 9.47 Å². The Morgan fingerprint density at radius 3 is 2.15 bits per heavy atom. The van der Waals surface area contributed by atoms with Gasteiger partial charge in [0.05, 0.1) is 30.2 Å². The van der Waals surface area contributed by atoms with Gasteiger partial charge in [0.2, 0.25) is 0 Å². The lowest BCUT2D eigenvalue weighted by atomic mass is 10.0. The molecule has 0 spiro atoms. The third kappa shape index (κ3) is 3.82. The predicted octanol–water partition coefficient (Wildman–Crippen LogP) is 3.36. The molecule has 0 aliphatic heterocycles. The number of alkyl halides is 3. The minimum Gasteiger partial charge on any atom is -0.493 e. The van der Waals surface area contributed by atoms with E-state index in [4.69, 9.17) is 9.47 Å². The Kier molecular flexibility index (Phi) is 5.31. The Morgan fingerprint density at radius 2 is 1.65 bits per heavy atom. The van der Waals surface area contributed by atoms with Crippen LogP contribution in [0.1, 0.15) is 21.5 Å². The Hall–Kier alpha value is -2.55. The lowest BCUT2D eigenvalue weighted by Gasteiger charge is -2.14. The molecule has 0 unspecified atom stereocenters. The smallest absolute Gasteiger partial charge is 0.416 e. The molecule has 2 aromatic rings. The van der Waals surface area contributed by atoms with Crippen molar-refractivity contribution in [3.8, 4) is 11.5 Å². The van der Waals surface area contributed by atoms with Gasteiger partial charge in [-0.05, 0) is 30.3 Å². The Balaban J connectivity index is 2.71. The summed E-state index contributed by atoms with van der Waals surface area (Å²) in [5.41, 5.74) is -1.57. The van der Waals surface area contributed by atoms with Crippen LogP contribution in [0.15, 0.2) is 41.3 Å². The summed E-state index contributed by atoms with van der Waals surface area (Å²) in [4.78, 5) is 12.1. The molecule has 0 aliphatic carbocycles. The highest BCUT2D eigenvalue weighted by atomic mass is 32.2. The standard InChI is InChI=1S/C17H15F3O5S/c1-24-13-6-4-5-12(16(13)25-2)15(21)11-8-7-10(17(18,19)20)9-14(11)26(3,22)23/h4-9H,1-3H3. The van der Waals surface area contributed by atoms with E-state index in [9.17, 15) is 26.4 Å². The first kappa shape index (κ1) is 19.8. The van der Waals surface area contributed by atoms with Crippen LogP contribution in [0.4, 0.5) is 13.2 Å².